The van der Waals surface area contributed by atoms with Crippen molar-refractivity contribution in [1.82, 2.24) is 19.6 Å². The van der Waals surface area contributed by atoms with Crippen molar-refractivity contribution in [2.24, 2.45) is 0 Å². The highest BCUT2D eigenvalue weighted by Gasteiger charge is 2.08. The first-order valence-electron chi connectivity index (χ1n) is 6.41. The SMILES string of the molecule is Nc1cccc(-c2cnc3cc(-c4nncs4)ccn23)c1. The van der Waals surface area contributed by atoms with Gasteiger partial charge in [-0.2, -0.15) is 0 Å². The zero-order valence-electron chi connectivity index (χ0n) is 11.0. The van der Waals surface area contributed by atoms with Crippen LogP contribution in [0.25, 0.3) is 27.5 Å². The van der Waals surface area contributed by atoms with Crippen LogP contribution in [0.5, 0.6) is 0 Å². The summed E-state index contributed by atoms with van der Waals surface area (Å²) in [6.07, 6.45) is 3.85. The molecule has 3 aromatic heterocycles. The lowest BCUT2D eigenvalue weighted by molar-refractivity contribution is 1.09. The highest BCUT2D eigenvalue weighted by Crippen LogP contribution is 2.26. The molecule has 6 heteroatoms. The second-order valence-electron chi connectivity index (χ2n) is 4.66. The van der Waals surface area contributed by atoms with Gasteiger partial charge in [0.1, 0.15) is 16.2 Å². The van der Waals surface area contributed by atoms with E-state index in [1.165, 1.54) is 11.3 Å². The number of nitrogens with zero attached hydrogens (tertiary/aromatic N) is 4. The van der Waals surface area contributed by atoms with Crippen LogP contribution < -0.4 is 5.73 Å². The Morgan fingerprint density at radius 1 is 1.10 bits per heavy atom. The second kappa shape index (κ2) is 4.68. The molecule has 0 aliphatic rings. The van der Waals surface area contributed by atoms with Crippen LogP contribution in [0.2, 0.25) is 0 Å². The predicted molar refractivity (Wildman–Crippen MR) is 83.9 cm³/mol. The van der Waals surface area contributed by atoms with Gasteiger partial charge in [-0.25, -0.2) is 4.98 Å². The van der Waals surface area contributed by atoms with E-state index in [1.54, 1.807) is 5.51 Å². The number of benzene rings is 1. The number of rotatable bonds is 2. The molecule has 0 unspecified atom stereocenters. The molecule has 0 amide bonds. The number of nitrogen functional groups attached to an aromatic ring is 1. The van der Waals surface area contributed by atoms with Crippen LogP contribution in [-0.2, 0) is 0 Å². The summed E-state index contributed by atoms with van der Waals surface area (Å²) in [5.41, 5.74) is 12.3. The number of aromatic nitrogens is 4. The third-order valence-electron chi connectivity index (χ3n) is 3.30. The van der Waals surface area contributed by atoms with Crippen LogP contribution in [0.1, 0.15) is 0 Å². The fraction of sp³-hybridized carbons (Fsp3) is 0. The summed E-state index contributed by atoms with van der Waals surface area (Å²) in [6.45, 7) is 0. The molecule has 0 atom stereocenters. The van der Waals surface area contributed by atoms with Gasteiger partial charge in [-0.3, -0.25) is 4.40 Å². The van der Waals surface area contributed by atoms with Crippen molar-refractivity contribution < 1.29 is 0 Å². The smallest absolute Gasteiger partial charge is 0.147 e. The summed E-state index contributed by atoms with van der Waals surface area (Å²) in [7, 11) is 0. The normalized spacial score (nSPS) is 11.0. The van der Waals surface area contributed by atoms with E-state index in [-0.39, 0.29) is 0 Å². The molecule has 0 aliphatic carbocycles. The Morgan fingerprint density at radius 3 is 2.86 bits per heavy atom. The van der Waals surface area contributed by atoms with Gasteiger partial charge >= 0.3 is 0 Å². The van der Waals surface area contributed by atoms with Crippen molar-refractivity contribution in [1.29, 1.82) is 0 Å². The van der Waals surface area contributed by atoms with Crippen molar-refractivity contribution >= 4 is 22.7 Å². The number of hydrogen-bond acceptors (Lipinski definition) is 5. The predicted octanol–water partition coefficient (Wildman–Crippen LogP) is 3.10. The summed E-state index contributed by atoms with van der Waals surface area (Å²) < 4.78 is 2.04. The molecule has 0 fully saturated rings. The van der Waals surface area contributed by atoms with Gasteiger partial charge in [-0.05, 0) is 24.3 Å². The Balaban J connectivity index is 1.86. The van der Waals surface area contributed by atoms with Gasteiger partial charge < -0.3 is 5.73 Å². The molecule has 0 saturated carbocycles. The molecular formula is C15H11N5S. The van der Waals surface area contributed by atoms with Crippen LogP contribution in [0.15, 0.2) is 54.3 Å². The molecule has 1 aromatic carbocycles. The summed E-state index contributed by atoms with van der Waals surface area (Å²) in [5, 5.41) is 8.85. The van der Waals surface area contributed by atoms with E-state index >= 15 is 0 Å². The molecule has 0 aliphatic heterocycles. The highest BCUT2D eigenvalue weighted by atomic mass is 32.1. The Labute approximate surface area is 124 Å². The average Bonchev–Trinajstić information content (AvgIpc) is 3.16. The molecule has 5 nitrogen and oxygen atoms in total. The van der Waals surface area contributed by atoms with Crippen molar-refractivity contribution in [3.05, 3.63) is 54.3 Å². The minimum atomic E-state index is 0.743. The summed E-state index contributed by atoms with van der Waals surface area (Å²) in [6, 6.07) is 11.8. The summed E-state index contributed by atoms with van der Waals surface area (Å²) in [5.74, 6) is 0. The quantitative estimate of drug-likeness (QED) is 0.577. The van der Waals surface area contributed by atoms with E-state index in [0.717, 1.165) is 33.2 Å². The third-order valence-corrected chi connectivity index (χ3v) is 4.04. The van der Waals surface area contributed by atoms with Crippen LogP contribution in [0.4, 0.5) is 5.69 Å². The van der Waals surface area contributed by atoms with E-state index < -0.39 is 0 Å². The van der Waals surface area contributed by atoms with Crippen molar-refractivity contribution in [3.8, 4) is 21.8 Å². The maximum Gasteiger partial charge on any atom is 0.147 e. The molecule has 0 spiro atoms. The number of nitrogens with two attached hydrogens (primary N) is 1. The van der Waals surface area contributed by atoms with E-state index in [2.05, 4.69) is 15.2 Å². The van der Waals surface area contributed by atoms with Gasteiger partial charge in [0, 0.05) is 23.0 Å². The Kier molecular flexibility index (Phi) is 2.68. The molecule has 4 aromatic rings. The lowest BCUT2D eigenvalue weighted by Gasteiger charge is -2.04. The standard InChI is InChI=1S/C15H11N5S/c16-12-3-1-2-10(6-12)13-8-17-14-7-11(4-5-20(13)14)15-19-18-9-21-15/h1-9H,16H2. The molecule has 21 heavy (non-hydrogen) atoms. The summed E-state index contributed by atoms with van der Waals surface area (Å²) in [4.78, 5) is 4.47. The molecule has 0 bridgehead atoms. The highest BCUT2D eigenvalue weighted by molar-refractivity contribution is 7.12. The van der Waals surface area contributed by atoms with E-state index in [4.69, 9.17) is 5.73 Å². The van der Waals surface area contributed by atoms with E-state index in [0.29, 0.717) is 0 Å². The Morgan fingerprint density at radius 2 is 2.05 bits per heavy atom. The molecule has 0 saturated heterocycles. The monoisotopic (exact) mass is 293 g/mol. The summed E-state index contributed by atoms with van der Waals surface area (Å²) >= 11 is 1.51. The van der Waals surface area contributed by atoms with Crippen LogP contribution in [-0.4, -0.2) is 19.6 Å². The van der Waals surface area contributed by atoms with Gasteiger partial charge in [-0.1, -0.05) is 23.5 Å². The third kappa shape index (κ3) is 2.05. The van der Waals surface area contributed by atoms with E-state index in [1.807, 2.05) is 53.2 Å². The lowest BCUT2D eigenvalue weighted by Crippen LogP contribution is -1.90. The topological polar surface area (TPSA) is 69.1 Å². The molecule has 102 valence electrons. The van der Waals surface area contributed by atoms with Crippen LogP contribution in [0.3, 0.4) is 0 Å². The fourth-order valence-corrected chi connectivity index (χ4v) is 2.88. The molecular weight excluding hydrogens is 282 g/mol. The molecule has 0 radical (unpaired) electrons. The van der Waals surface area contributed by atoms with Gasteiger partial charge in [0.15, 0.2) is 0 Å². The zero-order valence-corrected chi connectivity index (χ0v) is 11.8. The number of anilines is 1. The maximum atomic E-state index is 5.85. The van der Waals surface area contributed by atoms with Crippen LogP contribution >= 0.6 is 11.3 Å². The first kappa shape index (κ1) is 12.0. The second-order valence-corrected chi connectivity index (χ2v) is 5.49. The number of pyridine rings is 1. The molecule has 2 N–H and O–H groups in total. The maximum absolute atomic E-state index is 5.85. The van der Waals surface area contributed by atoms with Crippen molar-refractivity contribution in [2.45, 2.75) is 0 Å². The number of imidazole rings is 1. The Hall–Kier alpha value is -2.73. The first-order chi connectivity index (χ1) is 10.3. The zero-order chi connectivity index (χ0) is 14.2. The minimum Gasteiger partial charge on any atom is -0.399 e. The minimum absolute atomic E-state index is 0.743. The van der Waals surface area contributed by atoms with E-state index in [9.17, 15) is 0 Å². The lowest BCUT2D eigenvalue weighted by atomic mass is 10.1. The molecule has 3 heterocycles. The Bertz CT molecular complexity index is 911. The van der Waals surface area contributed by atoms with Gasteiger partial charge in [-0.15, -0.1) is 10.2 Å². The van der Waals surface area contributed by atoms with Gasteiger partial charge in [0.2, 0.25) is 0 Å². The average molecular weight is 293 g/mol. The van der Waals surface area contributed by atoms with Crippen molar-refractivity contribution in [3.63, 3.8) is 0 Å². The van der Waals surface area contributed by atoms with Gasteiger partial charge in [0.05, 0.1) is 11.9 Å². The number of hydrogen-bond donors (Lipinski definition) is 1. The van der Waals surface area contributed by atoms with Crippen LogP contribution in [0, 0.1) is 0 Å². The molecule has 4 rings (SSSR count). The number of fused-ring (bicyclic) bond motifs is 1. The van der Waals surface area contributed by atoms with Gasteiger partial charge in [0.25, 0.3) is 0 Å². The van der Waals surface area contributed by atoms with Crippen molar-refractivity contribution in [2.75, 3.05) is 5.73 Å². The largest absolute Gasteiger partial charge is 0.399 e. The first-order valence-corrected chi connectivity index (χ1v) is 7.29. The fourth-order valence-electron chi connectivity index (χ4n) is 2.32.